The van der Waals surface area contributed by atoms with E-state index in [2.05, 4.69) is 27.0 Å². The van der Waals surface area contributed by atoms with Crippen LogP contribution in [0, 0.1) is 6.92 Å². The molecule has 1 aromatic heterocycles. The molecule has 4 rings (SSSR count). The van der Waals surface area contributed by atoms with Crippen LogP contribution in [0.2, 0.25) is 0 Å². The van der Waals surface area contributed by atoms with Crippen LogP contribution in [-0.4, -0.2) is 29.7 Å². The predicted octanol–water partition coefficient (Wildman–Crippen LogP) is 3.19. The molecule has 2 heterocycles. The highest BCUT2D eigenvalue weighted by molar-refractivity contribution is 5.83. The summed E-state index contributed by atoms with van der Waals surface area (Å²) >= 11 is 0. The largest absolute Gasteiger partial charge is 0.383 e. The van der Waals surface area contributed by atoms with Crippen molar-refractivity contribution in [2.24, 2.45) is 0 Å². The van der Waals surface area contributed by atoms with Crippen LogP contribution in [0.4, 0.5) is 17.6 Å². The summed E-state index contributed by atoms with van der Waals surface area (Å²) < 4.78 is 5.69. The Hall–Kier alpha value is -3.12. The first-order valence-corrected chi connectivity index (χ1v) is 9.03. The van der Waals surface area contributed by atoms with E-state index in [1.807, 2.05) is 49.4 Å². The summed E-state index contributed by atoms with van der Waals surface area (Å²) in [5.74, 6) is 1.32. The maximum absolute atomic E-state index is 6.29. The molecular formula is C21H23N5O. The maximum atomic E-state index is 6.29. The van der Waals surface area contributed by atoms with Gasteiger partial charge >= 0.3 is 0 Å². The Bertz CT molecular complexity index is 904. The van der Waals surface area contributed by atoms with Crippen molar-refractivity contribution in [3.8, 4) is 11.1 Å². The van der Waals surface area contributed by atoms with Gasteiger partial charge in [-0.25, -0.2) is 0 Å². The number of ether oxygens (including phenoxy) is 1. The molecule has 1 aliphatic heterocycles. The monoisotopic (exact) mass is 361 g/mol. The van der Waals surface area contributed by atoms with Crippen LogP contribution >= 0.6 is 0 Å². The molecule has 1 unspecified atom stereocenters. The molecule has 6 nitrogen and oxygen atoms in total. The maximum Gasteiger partial charge on any atom is 0.229 e. The summed E-state index contributed by atoms with van der Waals surface area (Å²) in [6.07, 6.45) is 0. The third-order valence-electron chi connectivity index (χ3n) is 4.86. The normalized spacial score (nSPS) is 17.1. The fourth-order valence-corrected chi connectivity index (χ4v) is 3.42. The first-order chi connectivity index (χ1) is 13.1. The molecule has 1 atom stereocenters. The van der Waals surface area contributed by atoms with Gasteiger partial charge < -0.3 is 21.1 Å². The van der Waals surface area contributed by atoms with Crippen molar-refractivity contribution in [2.75, 3.05) is 36.1 Å². The van der Waals surface area contributed by atoms with E-state index < -0.39 is 0 Å². The number of benzene rings is 2. The summed E-state index contributed by atoms with van der Waals surface area (Å²) in [5.41, 5.74) is 16.5. The van der Waals surface area contributed by atoms with Gasteiger partial charge in [0.1, 0.15) is 11.6 Å². The highest BCUT2D eigenvalue weighted by Crippen LogP contribution is 2.34. The van der Waals surface area contributed by atoms with E-state index in [-0.39, 0.29) is 6.04 Å². The highest BCUT2D eigenvalue weighted by atomic mass is 16.5. The Balaban J connectivity index is 1.72. The lowest BCUT2D eigenvalue weighted by atomic mass is 10.0. The van der Waals surface area contributed by atoms with Crippen LogP contribution < -0.4 is 16.4 Å². The Morgan fingerprint density at radius 2 is 1.63 bits per heavy atom. The van der Waals surface area contributed by atoms with E-state index in [9.17, 15) is 0 Å². The number of morpholine rings is 1. The third kappa shape index (κ3) is 3.44. The van der Waals surface area contributed by atoms with Crippen molar-refractivity contribution in [1.29, 1.82) is 0 Å². The van der Waals surface area contributed by atoms with Gasteiger partial charge in [0.15, 0.2) is 0 Å². The van der Waals surface area contributed by atoms with E-state index in [1.165, 1.54) is 5.56 Å². The Labute approximate surface area is 158 Å². The molecule has 3 aromatic rings. The SMILES string of the molecule is Cc1ccc(-c2c(N)nc(N3CCOCC3c3ccccc3)nc2N)cc1. The minimum absolute atomic E-state index is 0.0315. The quantitative estimate of drug-likeness (QED) is 0.744. The molecule has 138 valence electrons. The van der Waals surface area contributed by atoms with E-state index in [0.717, 1.165) is 11.1 Å². The van der Waals surface area contributed by atoms with Gasteiger partial charge in [-0.3, -0.25) is 0 Å². The van der Waals surface area contributed by atoms with Gasteiger partial charge in [0, 0.05) is 6.54 Å². The molecule has 0 bridgehead atoms. The lowest BCUT2D eigenvalue weighted by Gasteiger charge is -2.36. The fraction of sp³-hybridized carbons (Fsp3) is 0.238. The molecule has 4 N–H and O–H groups in total. The lowest BCUT2D eigenvalue weighted by Crippen LogP contribution is -2.40. The Morgan fingerprint density at radius 3 is 2.30 bits per heavy atom. The number of hydrogen-bond acceptors (Lipinski definition) is 6. The predicted molar refractivity (Wildman–Crippen MR) is 108 cm³/mol. The minimum atomic E-state index is 0.0315. The van der Waals surface area contributed by atoms with Gasteiger partial charge in [-0.2, -0.15) is 9.97 Å². The molecule has 1 aliphatic rings. The number of nitrogens with two attached hydrogens (primary N) is 2. The molecule has 0 aliphatic carbocycles. The number of rotatable bonds is 3. The van der Waals surface area contributed by atoms with Crippen molar-refractivity contribution in [1.82, 2.24) is 9.97 Å². The van der Waals surface area contributed by atoms with Crippen LogP contribution in [0.1, 0.15) is 17.2 Å². The summed E-state index contributed by atoms with van der Waals surface area (Å²) in [7, 11) is 0. The van der Waals surface area contributed by atoms with Crippen molar-refractivity contribution in [2.45, 2.75) is 13.0 Å². The average molecular weight is 361 g/mol. The van der Waals surface area contributed by atoms with Crippen LogP contribution in [-0.2, 0) is 4.74 Å². The van der Waals surface area contributed by atoms with Crippen molar-refractivity contribution >= 4 is 17.6 Å². The number of aromatic nitrogens is 2. The van der Waals surface area contributed by atoms with Crippen molar-refractivity contribution in [3.05, 3.63) is 65.7 Å². The summed E-state index contributed by atoms with van der Waals surface area (Å²) in [6, 6.07) is 18.3. The second-order valence-corrected chi connectivity index (χ2v) is 6.73. The second-order valence-electron chi connectivity index (χ2n) is 6.73. The molecular weight excluding hydrogens is 338 g/mol. The third-order valence-corrected chi connectivity index (χ3v) is 4.86. The van der Waals surface area contributed by atoms with Crippen molar-refractivity contribution in [3.63, 3.8) is 0 Å². The number of aryl methyl sites for hydroxylation is 1. The van der Waals surface area contributed by atoms with Crippen LogP contribution in [0.25, 0.3) is 11.1 Å². The van der Waals surface area contributed by atoms with Gasteiger partial charge in [0.05, 0.1) is 24.8 Å². The molecule has 0 saturated carbocycles. The van der Waals surface area contributed by atoms with Gasteiger partial charge in [-0.15, -0.1) is 0 Å². The molecule has 0 radical (unpaired) electrons. The molecule has 1 fully saturated rings. The van der Waals surface area contributed by atoms with Gasteiger partial charge in [-0.05, 0) is 18.1 Å². The van der Waals surface area contributed by atoms with Gasteiger partial charge in [0.25, 0.3) is 0 Å². The van der Waals surface area contributed by atoms with Gasteiger partial charge in [-0.1, -0.05) is 60.2 Å². The Kier molecular flexibility index (Phi) is 4.64. The zero-order chi connectivity index (χ0) is 18.8. The summed E-state index contributed by atoms with van der Waals surface area (Å²) in [5, 5.41) is 0. The average Bonchev–Trinajstić information content (AvgIpc) is 2.69. The van der Waals surface area contributed by atoms with Gasteiger partial charge in [0.2, 0.25) is 5.95 Å². The standard InChI is InChI=1S/C21H23N5O/c1-14-7-9-16(10-8-14)18-19(22)24-21(25-20(18)23)26-11-12-27-13-17(26)15-5-3-2-4-6-15/h2-10,17H,11-13H2,1H3,(H4,22,23,24,25). The molecule has 1 saturated heterocycles. The molecule has 2 aromatic carbocycles. The number of nitrogens with zero attached hydrogens (tertiary/aromatic N) is 3. The van der Waals surface area contributed by atoms with Crippen LogP contribution in [0.5, 0.6) is 0 Å². The summed E-state index contributed by atoms with van der Waals surface area (Å²) in [4.78, 5) is 11.3. The van der Waals surface area contributed by atoms with E-state index in [4.69, 9.17) is 16.2 Å². The van der Waals surface area contributed by atoms with E-state index >= 15 is 0 Å². The number of nitrogen functional groups attached to an aromatic ring is 2. The van der Waals surface area contributed by atoms with Crippen LogP contribution in [0.15, 0.2) is 54.6 Å². The summed E-state index contributed by atoms with van der Waals surface area (Å²) in [6.45, 7) is 3.92. The molecule has 6 heteroatoms. The van der Waals surface area contributed by atoms with Crippen molar-refractivity contribution < 1.29 is 4.74 Å². The van der Waals surface area contributed by atoms with E-state index in [0.29, 0.717) is 42.9 Å². The lowest BCUT2D eigenvalue weighted by molar-refractivity contribution is 0.0933. The Morgan fingerprint density at radius 1 is 0.963 bits per heavy atom. The fourth-order valence-electron chi connectivity index (χ4n) is 3.42. The zero-order valence-electron chi connectivity index (χ0n) is 15.3. The minimum Gasteiger partial charge on any atom is -0.383 e. The first kappa shape index (κ1) is 17.3. The topological polar surface area (TPSA) is 90.3 Å². The smallest absolute Gasteiger partial charge is 0.229 e. The number of anilines is 3. The zero-order valence-corrected chi connectivity index (χ0v) is 15.3. The molecule has 0 amide bonds. The number of hydrogen-bond donors (Lipinski definition) is 2. The van der Waals surface area contributed by atoms with Crippen LogP contribution in [0.3, 0.4) is 0 Å². The second kappa shape index (κ2) is 7.25. The molecule has 0 spiro atoms. The first-order valence-electron chi connectivity index (χ1n) is 9.03. The molecule has 27 heavy (non-hydrogen) atoms. The van der Waals surface area contributed by atoms with E-state index in [1.54, 1.807) is 0 Å². The highest BCUT2D eigenvalue weighted by Gasteiger charge is 2.28.